The molecule has 0 fully saturated rings. The van der Waals surface area contributed by atoms with Crippen molar-refractivity contribution in [1.29, 1.82) is 0 Å². The molecule has 1 aromatic carbocycles. The third kappa shape index (κ3) is 2.95. The standard InChI is InChI=1S/C12H19NS/c1-3-13(9-6-10-14)12-8-5-4-7-11(12)2/h4-5,7-8,14H,3,6,9-10H2,1-2H3. The minimum absolute atomic E-state index is 0.961. The molecule has 0 aliphatic heterocycles. The van der Waals surface area contributed by atoms with Crippen molar-refractivity contribution in [3.8, 4) is 0 Å². The number of aryl methyl sites for hydroxylation is 1. The fourth-order valence-corrected chi connectivity index (χ4v) is 1.77. The number of hydrogen-bond acceptors (Lipinski definition) is 2. The summed E-state index contributed by atoms with van der Waals surface area (Å²) in [6.07, 6.45) is 1.14. The van der Waals surface area contributed by atoms with Crippen molar-refractivity contribution in [2.75, 3.05) is 23.7 Å². The smallest absolute Gasteiger partial charge is 0.0395 e. The Kier molecular flexibility index (Phi) is 4.88. The largest absolute Gasteiger partial charge is 0.372 e. The van der Waals surface area contributed by atoms with Crippen LogP contribution in [0.4, 0.5) is 5.69 Å². The highest BCUT2D eigenvalue weighted by molar-refractivity contribution is 7.80. The Bertz CT molecular complexity index is 273. The Morgan fingerprint density at radius 2 is 2.00 bits per heavy atom. The summed E-state index contributed by atoms with van der Waals surface area (Å²) in [4.78, 5) is 2.41. The zero-order valence-electron chi connectivity index (χ0n) is 9.03. The third-order valence-corrected chi connectivity index (χ3v) is 2.74. The quantitative estimate of drug-likeness (QED) is 0.729. The zero-order chi connectivity index (χ0) is 10.4. The van der Waals surface area contributed by atoms with Gasteiger partial charge in [0.15, 0.2) is 0 Å². The number of hydrogen-bond donors (Lipinski definition) is 1. The van der Waals surface area contributed by atoms with Crippen molar-refractivity contribution < 1.29 is 0 Å². The molecular formula is C12H19NS. The minimum Gasteiger partial charge on any atom is -0.372 e. The van der Waals surface area contributed by atoms with Gasteiger partial charge >= 0.3 is 0 Å². The first-order chi connectivity index (χ1) is 6.79. The van der Waals surface area contributed by atoms with Gasteiger partial charge in [0, 0.05) is 18.8 Å². The summed E-state index contributed by atoms with van der Waals surface area (Å²) in [6, 6.07) is 8.55. The maximum absolute atomic E-state index is 4.25. The fraction of sp³-hybridized carbons (Fsp3) is 0.500. The highest BCUT2D eigenvalue weighted by Gasteiger charge is 2.04. The maximum Gasteiger partial charge on any atom is 0.0395 e. The number of nitrogens with zero attached hydrogens (tertiary/aromatic N) is 1. The molecule has 2 heteroatoms. The summed E-state index contributed by atoms with van der Waals surface area (Å²) < 4.78 is 0. The number of anilines is 1. The first kappa shape index (κ1) is 11.4. The van der Waals surface area contributed by atoms with Gasteiger partial charge in [-0.15, -0.1) is 0 Å². The lowest BCUT2D eigenvalue weighted by Crippen LogP contribution is -2.24. The van der Waals surface area contributed by atoms with Crippen molar-refractivity contribution in [1.82, 2.24) is 0 Å². The summed E-state index contributed by atoms with van der Waals surface area (Å²) in [5, 5.41) is 0. The Morgan fingerprint density at radius 3 is 2.57 bits per heavy atom. The van der Waals surface area contributed by atoms with Gasteiger partial charge in [0.2, 0.25) is 0 Å². The maximum atomic E-state index is 4.25. The zero-order valence-corrected chi connectivity index (χ0v) is 9.93. The monoisotopic (exact) mass is 209 g/mol. The number of benzene rings is 1. The molecule has 0 heterocycles. The Balaban J connectivity index is 2.73. The van der Waals surface area contributed by atoms with Crippen LogP contribution in [0.1, 0.15) is 18.9 Å². The van der Waals surface area contributed by atoms with Crippen LogP contribution < -0.4 is 4.90 Å². The van der Waals surface area contributed by atoms with Gasteiger partial charge in [-0.25, -0.2) is 0 Å². The van der Waals surface area contributed by atoms with Crippen LogP contribution in [0.5, 0.6) is 0 Å². The SMILES string of the molecule is CCN(CCCS)c1ccccc1C. The average molecular weight is 209 g/mol. The molecule has 0 aliphatic rings. The summed E-state index contributed by atoms with van der Waals surface area (Å²) in [5.41, 5.74) is 2.71. The first-order valence-electron chi connectivity index (χ1n) is 5.21. The molecule has 1 aromatic rings. The van der Waals surface area contributed by atoms with Crippen LogP contribution in [0.2, 0.25) is 0 Å². The van der Waals surface area contributed by atoms with E-state index in [9.17, 15) is 0 Å². The molecule has 0 saturated heterocycles. The number of thiol groups is 1. The van der Waals surface area contributed by atoms with E-state index in [1.807, 2.05) is 0 Å². The van der Waals surface area contributed by atoms with Gasteiger partial charge in [0.25, 0.3) is 0 Å². The third-order valence-electron chi connectivity index (χ3n) is 2.42. The minimum atomic E-state index is 0.961. The Hall–Kier alpha value is -0.630. The molecule has 78 valence electrons. The van der Waals surface area contributed by atoms with Gasteiger partial charge in [-0.2, -0.15) is 12.6 Å². The van der Waals surface area contributed by atoms with E-state index in [0.717, 1.165) is 25.3 Å². The van der Waals surface area contributed by atoms with Crippen molar-refractivity contribution in [2.24, 2.45) is 0 Å². The van der Waals surface area contributed by atoms with Gasteiger partial charge in [0.1, 0.15) is 0 Å². The lowest BCUT2D eigenvalue weighted by atomic mass is 10.2. The van der Waals surface area contributed by atoms with Crippen LogP contribution in [0.15, 0.2) is 24.3 Å². The first-order valence-corrected chi connectivity index (χ1v) is 5.84. The predicted molar refractivity (Wildman–Crippen MR) is 67.5 cm³/mol. The normalized spacial score (nSPS) is 10.2. The highest BCUT2D eigenvalue weighted by Crippen LogP contribution is 2.19. The van der Waals surface area contributed by atoms with E-state index in [0.29, 0.717) is 0 Å². The van der Waals surface area contributed by atoms with Crippen molar-refractivity contribution in [2.45, 2.75) is 20.3 Å². The van der Waals surface area contributed by atoms with E-state index in [-0.39, 0.29) is 0 Å². The Morgan fingerprint density at radius 1 is 1.29 bits per heavy atom. The van der Waals surface area contributed by atoms with Crippen LogP contribution in [0.3, 0.4) is 0 Å². The molecule has 0 N–H and O–H groups in total. The summed E-state index contributed by atoms with van der Waals surface area (Å²) >= 11 is 4.25. The van der Waals surface area contributed by atoms with Gasteiger partial charge < -0.3 is 4.90 Å². The van der Waals surface area contributed by atoms with Crippen LogP contribution >= 0.6 is 12.6 Å². The van der Waals surface area contributed by atoms with Gasteiger partial charge in [0.05, 0.1) is 0 Å². The fourth-order valence-electron chi connectivity index (χ4n) is 1.63. The molecule has 0 saturated carbocycles. The molecule has 1 rings (SSSR count). The van der Waals surface area contributed by atoms with E-state index in [1.54, 1.807) is 0 Å². The molecule has 0 bridgehead atoms. The molecule has 0 aromatic heterocycles. The molecule has 0 spiro atoms. The van der Waals surface area contributed by atoms with E-state index < -0.39 is 0 Å². The van der Waals surface area contributed by atoms with Crippen molar-refractivity contribution in [3.05, 3.63) is 29.8 Å². The summed E-state index contributed by atoms with van der Waals surface area (Å²) in [5.74, 6) is 0.961. The summed E-state index contributed by atoms with van der Waals surface area (Å²) in [6.45, 7) is 6.53. The molecule has 0 aliphatic carbocycles. The topological polar surface area (TPSA) is 3.24 Å². The predicted octanol–water partition coefficient (Wildman–Crippen LogP) is 3.14. The van der Waals surface area contributed by atoms with E-state index in [4.69, 9.17) is 0 Å². The number of rotatable bonds is 5. The lowest BCUT2D eigenvalue weighted by molar-refractivity contribution is 0.795. The summed E-state index contributed by atoms with van der Waals surface area (Å²) in [7, 11) is 0. The lowest BCUT2D eigenvalue weighted by Gasteiger charge is -2.24. The van der Waals surface area contributed by atoms with E-state index in [1.165, 1.54) is 11.3 Å². The van der Waals surface area contributed by atoms with E-state index in [2.05, 4.69) is 55.6 Å². The second kappa shape index (κ2) is 5.97. The van der Waals surface area contributed by atoms with Gasteiger partial charge in [-0.05, 0) is 37.7 Å². The van der Waals surface area contributed by atoms with Gasteiger partial charge in [-0.3, -0.25) is 0 Å². The van der Waals surface area contributed by atoms with Crippen LogP contribution in [0.25, 0.3) is 0 Å². The highest BCUT2D eigenvalue weighted by atomic mass is 32.1. The Labute approximate surface area is 92.5 Å². The molecule has 14 heavy (non-hydrogen) atoms. The molecule has 0 unspecified atom stereocenters. The molecular weight excluding hydrogens is 190 g/mol. The van der Waals surface area contributed by atoms with Crippen LogP contribution in [-0.4, -0.2) is 18.8 Å². The second-order valence-electron chi connectivity index (χ2n) is 3.44. The van der Waals surface area contributed by atoms with Gasteiger partial charge in [-0.1, -0.05) is 18.2 Å². The average Bonchev–Trinajstić information content (AvgIpc) is 2.21. The van der Waals surface area contributed by atoms with E-state index >= 15 is 0 Å². The van der Waals surface area contributed by atoms with Crippen molar-refractivity contribution in [3.63, 3.8) is 0 Å². The second-order valence-corrected chi connectivity index (χ2v) is 3.89. The number of para-hydroxylation sites is 1. The molecule has 0 atom stereocenters. The van der Waals surface area contributed by atoms with Crippen LogP contribution in [0, 0.1) is 6.92 Å². The molecule has 1 nitrogen and oxygen atoms in total. The molecule has 0 amide bonds. The van der Waals surface area contributed by atoms with Crippen molar-refractivity contribution >= 4 is 18.3 Å². The van der Waals surface area contributed by atoms with Crippen LogP contribution in [-0.2, 0) is 0 Å². The molecule has 0 radical (unpaired) electrons.